The molecule has 3 rings (SSSR count). The summed E-state index contributed by atoms with van der Waals surface area (Å²) in [4.78, 5) is 23.3. The third-order valence-corrected chi connectivity index (χ3v) is 5.20. The first-order chi connectivity index (χ1) is 14.0. The molecule has 3 aromatic rings. The van der Waals surface area contributed by atoms with Crippen LogP contribution in [0, 0.1) is 0 Å². The molecule has 152 valence electrons. The van der Waals surface area contributed by atoms with Gasteiger partial charge in [-0.2, -0.15) is 0 Å². The second kappa shape index (κ2) is 10.1. The molecule has 2 heterocycles. The van der Waals surface area contributed by atoms with E-state index in [1.54, 1.807) is 24.5 Å². The van der Waals surface area contributed by atoms with Crippen molar-refractivity contribution in [1.29, 1.82) is 0 Å². The number of amides is 2. The first-order valence-electron chi connectivity index (χ1n) is 8.88. The Kier molecular flexibility index (Phi) is 7.31. The van der Waals surface area contributed by atoms with Crippen LogP contribution in [-0.2, 0) is 29.1 Å². The van der Waals surface area contributed by atoms with E-state index in [9.17, 15) is 9.59 Å². The summed E-state index contributed by atoms with van der Waals surface area (Å²) in [6, 6.07) is 10.9. The Balaban J connectivity index is 1.61. The number of thioether (sulfide) groups is 1. The van der Waals surface area contributed by atoms with Crippen molar-refractivity contribution in [3.63, 3.8) is 0 Å². The Morgan fingerprint density at radius 2 is 2.10 bits per heavy atom. The van der Waals surface area contributed by atoms with Gasteiger partial charge in [-0.15, -0.1) is 10.2 Å². The Bertz CT molecular complexity index is 974. The van der Waals surface area contributed by atoms with E-state index in [1.165, 1.54) is 11.8 Å². The van der Waals surface area contributed by atoms with Gasteiger partial charge in [0.15, 0.2) is 5.16 Å². The van der Waals surface area contributed by atoms with Gasteiger partial charge in [0.1, 0.15) is 11.6 Å². The van der Waals surface area contributed by atoms with E-state index < -0.39 is 5.91 Å². The highest BCUT2D eigenvalue weighted by atomic mass is 35.5. The minimum absolute atomic E-state index is 0.138. The van der Waals surface area contributed by atoms with Crippen molar-refractivity contribution in [1.82, 2.24) is 20.1 Å². The monoisotopic (exact) mass is 433 g/mol. The van der Waals surface area contributed by atoms with Crippen LogP contribution in [0.25, 0.3) is 0 Å². The van der Waals surface area contributed by atoms with E-state index >= 15 is 0 Å². The molecular weight excluding hydrogens is 414 g/mol. The SMILES string of the molecule is NC(=O)CCc1nnc(SCC(=O)NCc2cccc(Cl)c2)n1Cc1ccco1. The topological polar surface area (TPSA) is 116 Å². The number of nitrogens with one attached hydrogen (secondary N) is 1. The summed E-state index contributed by atoms with van der Waals surface area (Å²) in [6.45, 7) is 0.795. The number of hydrogen-bond acceptors (Lipinski definition) is 6. The summed E-state index contributed by atoms with van der Waals surface area (Å²) in [5.41, 5.74) is 6.16. The van der Waals surface area contributed by atoms with Crippen molar-refractivity contribution < 1.29 is 14.0 Å². The summed E-state index contributed by atoms with van der Waals surface area (Å²) < 4.78 is 7.23. The number of carbonyl (C=O) groups excluding carboxylic acids is 2. The number of nitrogens with two attached hydrogens (primary N) is 1. The molecule has 10 heteroatoms. The summed E-state index contributed by atoms with van der Waals surface area (Å²) in [5.74, 6) is 0.958. The smallest absolute Gasteiger partial charge is 0.230 e. The lowest BCUT2D eigenvalue weighted by molar-refractivity contribution is -0.119. The van der Waals surface area contributed by atoms with Crippen molar-refractivity contribution >= 4 is 35.2 Å². The van der Waals surface area contributed by atoms with Crippen molar-refractivity contribution in [3.05, 3.63) is 64.8 Å². The number of carbonyl (C=O) groups is 2. The maximum Gasteiger partial charge on any atom is 0.230 e. The molecule has 2 aromatic heterocycles. The molecule has 0 aliphatic rings. The van der Waals surface area contributed by atoms with Crippen molar-refractivity contribution in [2.45, 2.75) is 31.1 Å². The van der Waals surface area contributed by atoms with E-state index in [-0.39, 0.29) is 18.1 Å². The van der Waals surface area contributed by atoms with E-state index in [1.807, 2.05) is 22.8 Å². The zero-order chi connectivity index (χ0) is 20.6. The molecule has 3 N–H and O–H groups in total. The molecule has 0 atom stereocenters. The van der Waals surface area contributed by atoms with Crippen LogP contribution in [0.1, 0.15) is 23.6 Å². The van der Waals surface area contributed by atoms with Gasteiger partial charge >= 0.3 is 0 Å². The highest BCUT2D eigenvalue weighted by Crippen LogP contribution is 2.20. The molecule has 0 aliphatic heterocycles. The highest BCUT2D eigenvalue weighted by Gasteiger charge is 2.16. The molecule has 0 bridgehead atoms. The number of benzene rings is 1. The van der Waals surface area contributed by atoms with Gasteiger partial charge in [0.2, 0.25) is 11.8 Å². The van der Waals surface area contributed by atoms with Crippen LogP contribution < -0.4 is 11.1 Å². The summed E-state index contributed by atoms with van der Waals surface area (Å²) in [6.07, 6.45) is 2.12. The maximum absolute atomic E-state index is 12.2. The third-order valence-electron chi connectivity index (χ3n) is 3.99. The largest absolute Gasteiger partial charge is 0.467 e. The number of nitrogens with zero attached hydrogens (tertiary/aromatic N) is 3. The molecule has 0 radical (unpaired) electrons. The standard InChI is InChI=1S/C19H20ClN5O3S/c20-14-4-1-3-13(9-14)10-22-18(27)12-29-19-24-23-17(7-6-16(21)26)25(19)11-15-5-2-8-28-15/h1-5,8-9H,6-7,10-12H2,(H2,21,26)(H,22,27). The zero-order valence-electron chi connectivity index (χ0n) is 15.5. The second-order valence-corrected chi connectivity index (χ2v) is 7.60. The number of rotatable bonds is 10. The lowest BCUT2D eigenvalue weighted by Gasteiger charge is -2.09. The van der Waals surface area contributed by atoms with Crippen molar-refractivity contribution in [2.75, 3.05) is 5.75 Å². The second-order valence-electron chi connectivity index (χ2n) is 6.23. The van der Waals surface area contributed by atoms with Crippen LogP contribution in [0.5, 0.6) is 0 Å². The minimum Gasteiger partial charge on any atom is -0.467 e. The van der Waals surface area contributed by atoms with Gasteiger partial charge in [0, 0.05) is 24.4 Å². The average molecular weight is 434 g/mol. The Labute approximate surface area is 176 Å². The van der Waals surface area contributed by atoms with Crippen LogP contribution in [0.15, 0.2) is 52.2 Å². The molecule has 29 heavy (non-hydrogen) atoms. The van der Waals surface area contributed by atoms with Gasteiger partial charge in [-0.25, -0.2) is 0 Å². The van der Waals surface area contributed by atoms with Gasteiger partial charge in [-0.3, -0.25) is 14.2 Å². The van der Waals surface area contributed by atoms with E-state index in [0.29, 0.717) is 35.5 Å². The first kappa shape index (κ1) is 20.9. The number of primary amides is 1. The average Bonchev–Trinajstić information content (AvgIpc) is 3.34. The van der Waals surface area contributed by atoms with Crippen molar-refractivity contribution in [3.8, 4) is 0 Å². The summed E-state index contributed by atoms with van der Waals surface area (Å²) >= 11 is 7.22. The lowest BCUT2D eigenvalue weighted by atomic mass is 10.2. The fourth-order valence-electron chi connectivity index (χ4n) is 2.59. The predicted molar refractivity (Wildman–Crippen MR) is 109 cm³/mol. The van der Waals surface area contributed by atoms with Gasteiger partial charge in [0.05, 0.1) is 18.6 Å². The molecule has 0 saturated heterocycles. The maximum atomic E-state index is 12.2. The molecule has 0 aliphatic carbocycles. The van der Waals surface area contributed by atoms with Crippen LogP contribution >= 0.6 is 23.4 Å². The molecular formula is C19H20ClN5O3S. The number of aromatic nitrogens is 3. The van der Waals surface area contributed by atoms with Gasteiger partial charge in [0.25, 0.3) is 0 Å². The van der Waals surface area contributed by atoms with Crippen LogP contribution in [0.3, 0.4) is 0 Å². The number of hydrogen-bond donors (Lipinski definition) is 2. The zero-order valence-corrected chi connectivity index (χ0v) is 17.1. The fourth-order valence-corrected chi connectivity index (χ4v) is 3.59. The molecule has 1 aromatic carbocycles. The molecule has 0 saturated carbocycles. The number of furan rings is 1. The number of aryl methyl sites for hydroxylation is 1. The quantitative estimate of drug-likeness (QED) is 0.474. The van der Waals surface area contributed by atoms with Gasteiger partial charge < -0.3 is 15.5 Å². The molecule has 0 spiro atoms. The van der Waals surface area contributed by atoms with E-state index in [2.05, 4.69) is 15.5 Å². The van der Waals surface area contributed by atoms with Crippen LogP contribution in [-0.4, -0.2) is 32.3 Å². The third kappa shape index (κ3) is 6.37. The Hall–Kier alpha value is -2.78. The van der Waals surface area contributed by atoms with Gasteiger partial charge in [-0.05, 0) is 29.8 Å². The van der Waals surface area contributed by atoms with E-state index in [0.717, 1.165) is 11.3 Å². The van der Waals surface area contributed by atoms with Crippen LogP contribution in [0.4, 0.5) is 0 Å². The molecule has 0 unspecified atom stereocenters. The van der Waals surface area contributed by atoms with E-state index in [4.69, 9.17) is 21.8 Å². The van der Waals surface area contributed by atoms with Crippen LogP contribution in [0.2, 0.25) is 5.02 Å². The van der Waals surface area contributed by atoms with Gasteiger partial charge in [-0.1, -0.05) is 35.5 Å². The Morgan fingerprint density at radius 3 is 2.83 bits per heavy atom. The highest BCUT2D eigenvalue weighted by molar-refractivity contribution is 7.99. The number of halogens is 1. The molecule has 8 nitrogen and oxygen atoms in total. The fraction of sp³-hybridized carbons (Fsp3) is 0.263. The van der Waals surface area contributed by atoms with Crippen molar-refractivity contribution in [2.24, 2.45) is 5.73 Å². The summed E-state index contributed by atoms with van der Waals surface area (Å²) in [5, 5.41) is 12.4. The predicted octanol–water partition coefficient (Wildman–Crippen LogP) is 2.40. The normalized spacial score (nSPS) is 10.8. The Morgan fingerprint density at radius 1 is 1.24 bits per heavy atom. The lowest BCUT2D eigenvalue weighted by Crippen LogP contribution is -2.24. The minimum atomic E-state index is -0.410. The first-order valence-corrected chi connectivity index (χ1v) is 10.2. The molecule has 2 amide bonds. The molecule has 0 fully saturated rings. The summed E-state index contributed by atoms with van der Waals surface area (Å²) in [7, 11) is 0.